The molecule has 0 aliphatic heterocycles. The predicted molar refractivity (Wildman–Crippen MR) is 78.2 cm³/mol. The molecule has 1 aromatic carbocycles. The van der Waals surface area contributed by atoms with Crippen molar-refractivity contribution in [2.24, 2.45) is 5.73 Å². The van der Waals surface area contributed by atoms with Gasteiger partial charge in [0.05, 0.1) is 0 Å². The molecular weight excluding hydrogens is 240 g/mol. The first-order valence-corrected chi connectivity index (χ1v) is 6.92. The Bertz CT molecular complexity index is 354. The third-order valence-corrected chi connectivity index (χ3v) is 2.84. The highest BCUT2D eigenvalue weighted by atomic mass is 16.5. The molecule has 1 rings (SSSR count). The second kappa shape index (κ2) is 9.53. The molecule has 2 N–H and O–H groups in total. The molecule has 19 heavy (non-hydrogen) atoms. The van der Waals surface area contributed by atoms with Gasteiger partial charge in [-0.1, -0.05) is 18.2 Å². The first-order chi connectivity index (χ1) is 9.29. The molecular formula is C15H24N2O2. The van der Waals surface area contributed by atoms with Gasteiger partial charge in [0.15, 0.2) is 0 Å². The smallest absolute Gasteiger partial charge is 0.227 e. The molecule has 0 heterocycles. The van der Waals surface area contributed by atoms with Crippen molar-refractivity contribution in [1.82, 2.24) is 0 Å². The molecule has 0 fully saturated rings. The molecule has 1 amide bonds. The van der Waals surface area contributed by atoms with E-state index in [9.17, 15) is 4.79 Å². The number of nitrogens with zero attached hydrogens (tertiary/aromatic N) is 1. The lowest BCUT2D eigenvalue weighted by molar-refractivity contribution is -0.119. The number of hydrogen-bond acceptors (Lipinski definition) is 3. The normalized spacial score (nSPS) is 10.4. The average Bonchev–Trinajstić information content (AvgIpc) is 2.45. The standard InChI is InChI=1S/C15H24N2O2/c1-2-19-13-6-10-15(18)17(12-7-11-16)14-8-4-3-5-9-14/h3-5,8-9H,2,6-7,10-13,16H2,1H3. The van der Waals surface area contributed by atoms with Crippen LogP contribution in [0.4, 0.5) is 5.69 Å². The van der Waals surface area contributed by atoms with Crippen molar-refractivity contribution >= 4 is 11.6 Å². The summed E-state index contributed by atoms with van der Waals surface area (Å²) in [4.78, 5) is 14.1. The average molecular weight is 264 g/mol. The second-order valence-corrected chi connectivity index (χ2v) is 4.32. The molecule has 0 saturated heterocycles. The van der Waals surface area contributed by atoms with Crippen molar-refractivity contribution in [3.63, 3.8) is 0 Å². The number of carbonyl (C=O) groups is 1. The van der Waals surface area contributed by atoms with E-state index in [1.165, 1.54) is 0 Å². The lowest BCUT2D eigenvalue weighted by Gasteiger charge is -2.22. The third-order valence-electron chi connectivity index (χ3n) is 2.84. The summed E-state index contributed by atoms with van der Waals surface area (Å²) in [6.07, 6.45) is 2.09. The Labute approximate surface area is 115 Å². The van der Waals surface area contributed by atoms with Crippen LogP contribution in [0.1, 0.15) is 26.2 Å². The predicted octanol–water partition coefficient (Wildman–Crippen LogP) is 2.19. The minimum absolute atomic E-state index is 0.138. The Hall–Kier alpha value is -1.39. The van der Waals surface area contributed by atoms with E-state index in [2.05, 4.69) is 0 Å². The van der Waals surface area contributed by atoms with Crippen molar-refractivity contribution in [3.8, 4) is 0 Å². The molecule has 0 aliphatic rings. The van der Waals surface area contributed by atoms with Gasteiger partial charge in [0.1, 0.15) is 0 Å². The maximum absolute atomic E-state index is 12.2. The highest BCUT2D eigenvalue weighted by Crippen LogP contribution is 2.15. The number of ether oxygens (including phenoxy) is 1. The van der Waals surface area contributed by atoms with E-state index in [4.69, 9.17) is 10.5 Å². The Morgan fingerprint density at radius 1 is 1.26 bits per heavy atom. The summed E-state index contributed by atoms with van der Waals surface area (Å²) in [7, 11) is 0. The highest BCUT2D eigenvalue weighted by molar-refractivity contribution is 5.93. The van der Waals surface area contributed by atoms with Crippen molar-refractivity contribution in [2.45, 2.75) is 26.2 Å². The van der Waals surface area contributed by atoms with E-state index in [0.717, 1.165) is 18.5 Å². The molecule has 0 radical (unpaired) electrons. The van der Waals surface area contributed by atoms with Crippen LogP contribution in [-0.4, -0.2) is 32.2 Å². The number of nitrogens with two attached hydrogens (primary N) is 1. The zero-order valence-electron chi connectivity index (χ0n) is 11.7. The van der Waals surface area contributed by atoms with Gasteiger partial charge in [0, 0.05) is 31.9 Å². The molecule has 0 aromatic heterocycles. The Balaban J connectivity index is 2.55. The lowest BCUT2D eigenvalue weighted by atomic mass is 10.2. The Morgan fingerprint density at radius 2 is 2.00 bits per heavy atom. The molecule has 0 bridgehead atoms. The maximum Gasteiger partial charge on any atom is 0.227 e. The fourth-order valence-corrected chi connectivity index (χ4v) is 1.86. The van der Waals surface area contributed by atoms with Crippen LogP contribution in [0.3, 0.4) is 0 Å². The zero-order chi connectivity index (χ0) is 13.9. The molecule has 106 valence electrons. The summed E-state index contributed by atoms with van der Waals surface area (Å²) in [6, 6.07) is 9.74. The summed E-state index contributed by atoms with van der Waals surface area (Å²) in [5.41, 5.74) is 6.48. The molecule has 0 spiro atoms. The molecule has 1 aromatic rings. The maximum atomic E-state index is 12.2. The number of carbonyl (C=O) groups excluding carboxylic acids is 1. The lowest BCUT2D eigenvalue weighted by Crippen LogP contribution is -2.32. The number of amides is 1. The van der Waals surface area contributed by atoms with Crippen molar-refractivity contribution in [1.29, 1.82) is 0 Å². The van der Waals surface area contributed by atoms with Crippen LogP contribution >= 0.6 is 0 Å². The van der Waals surface area contributed by atoms with Crippen molar-refractivity contribution < 1.29 is 9.53 Å². The van der Waals surface area contributed by atoms with Crippen molar-refractivity contribution in [2.75, 3.05) is 31.2 Å². The summed E-state index contributed by atoms with van der Waals surface area (Å²) in [5.74, 6) is 0.138. The summed E-state index contributed by atoms with van der Waals surface area (Å²) in [6.45, 7) is 4.56. The van der Waals surface area contributed by atoms with Crippen molar-refractivity contribution in [3.05, 3.63) is 30.3 Å². The molecule has 4 heteroatoms. The van der Waals surface area contributed by atoms with Crippen LogP contribution in [0.5, 0.6) is 0 Å². The third kappa shape index (κ3) is 5.85. The molecule has 0 unspecified atom stereocenters. The van der Waals surface area contributed by atoms with Crippen LogP contribution in [0, 0.1) is 0 Å². The van der Waals surface area contributed by atoms with E-state index in [0.29, 0.717) is 32.7 Å². The highest BCUT2D eigenvalue weighted by Gasteiger charge is 2.14. The van der Waals surface area contributed by atoms with Crippen LogP contribution in [-0.2, 0) is 9.53 Å². The monoisotopic (exact) mass is 264 g/mol. The van der Waals surface area contributed by atoms with Gasteiger partial charge in [-0.2, -0.15) is 0 Å². The first-order valence-electron chi connectivity index (χ1n) is 6.92. The van der Waals surface area contributed by atoms with Crippen LogP contribution < -0.4 is 10.6 Å². The molecule has 4 nitrogen and oxygen atoms in total. The number of rotatable bonds is 9. The van der Waals surface area contributed by atoms with E-state index < -0.39 is 0 Å². The quantitative estimate of drug-likeness (QED) is 0.696. The van der Waals surface area contributed by atoms with E-state index in [1.807, 2.05) is 42.2 Å². The zero-order valence-corrected chi connectivity index (χ0v) is 11.7. The SMILES string of the molecule is CCOCCCC(=O)N(CCCN)c1ccccc1. The fraction of sp³-hybridized carbons (Fsp3) is 0.533. The minimum Gasteiger partial charge on any atom is -0.382 e. The van der Waals surface area contributed by atoms with Crippen LogP contribution in [0.2, 0.25) is 0 Å². The summed E-state index contributed by atoms with van der Waals surface area (Å²) in [5, 5.41) is 0. The number of para-hydroxylation sites is 1. The van der Waals surface area contributed by atoms with E-state index in [1.54, 1.807) is 0 Å². The van der Waals surface area contributed by atoms with Crippen LogP contribution in [0.25, 0.3) is 0 Å². The number of anilines is 1. The van der Waals surface area contributed by atoms with Gasteiger partial charge >= 0.3 is 0 Å². The van der Waals surface area contributed by atoms with Gasteiger partial charge in [-0.25, -0.2) is 0 Å². The van der Waals surface area contributed by atoms with Gasteiger partial charge in [-0.05, 0) is 38.4 Å². The second-order valence-electron chi connectivity index (χ2n) is 4.32. The first kappa shape index (κ1) is 15.7. The van der Waals surface area contributed by atoms with Gasteiger partial charge in [0.2, 0.25) is 5.91 Å². The Kier molecular flexibility index (Phi) is 7.86. The van der Waals surface area contributed by atoms with Crippen LogP contribution in [0.15, 0.2) is 30.3 Å². The minimum atomic E-state index is 0.138. The van der Waals surface area contributed by atoms with Gasteiger partial charge in [-0.3, -0.25) is 4.79 Å². The number of hydrogen-bond donors (Lipinski definition) is 1. The van der Waals surface area contributed by atoms with Gasteiger partial charge in [0.25, 0.3) is 0 Å². The van der Waals surface area contributed by atoms with E-state index >= 15 is 0 Å². The molecule has 0 saturated carbocycles. The fourth-order valence-electron chi connectivity index (χ4n) is 1.86. The molecule has 0 aliphatic carbocycles. The molecule has 0 atom stereocenters. The Morgan fingerprint density at radius 3 is 2.63 bits per heavy atom. The summed E-state index contributed by atoms with van der Waals surface area (Å²) >= 11 is 0. The number of benzene rings is 1. The van der Waals surface area contributed by atoms with E-state index in [-0.39, 0.29) is 5.91 Å². The van der Waals surface area contributed by atoms with Gasteiger partial charge < -0.3 is 15.4 Å². The van der Waals surface area contributed by atoms with Gasteiger partial charge in [-0.15, -0.1) is 0 Å². The topological polar surface area (TPSA) is 55.6 Å². The largest absolute Gasteiger partial charge is 0.382 e. The summed E-state index contributed by atoms with van der Waals surface area (Å²) < 4.78 is 5.26.